The van der Waals surface area contributed by atoms with Gasteiger partial charge in [0.1, 0.15) is 77.3 Å². The van der Waals surface area contributed by atoms with E-state index in [0.717, 1.165) is 78.3 Å². The van der Waals surface area contributed by atoms with Crippen LogP contribution in [0.3, 0.4) is 0 Å². The van der Waals surface area contributed by atoms with Crippen molar-refractivity contribution >= 4 is 69.2 Å². The number of aryl methyl sites for hydroxylation is 4. The number of aliphatic hydroxyl groups excluding tert-OH is 1. The number of benzene rings is 8. The average Bonchev–Trinajstić information content (AvgIpc) is 0.802. The van der Waals surface area contributed by atoms with Gasteiger partial charge in [0.25, 0.3) is 10.1 Å². The molecular formula is C66H65ClF4N7NaO18S6. The maximum atomic E-state index is 13.4. The minimum absolute atomic E-state index is 0. The Hall–Kier alpha value is -7.83. The smallest absolute Gasteiger partial charge is 0.490 e. The van der Waals surface area contributed by atoms with Crippen molar-refractivity contribution in [2.75, 3.05) is 38.8 Å². The van der Waals surface area contributed by atoms with E-state index in [1.54, 1.807) is 24.3 Å². The third kappa shape index (κ3) is 24.1. The number of hydrogen-bond acceptors (Lipinski definition) is 20. The molecule has 8 aromatic rings. The second-order valence-corrected chi connectivity index (χ2v) is 35.1. The van der Waals surface area contributed by atoms with Gasteiger partial charge in [-0.3, -0.25) is 9.09 Å². The fourth-order valence-corrected chi connectivity index (χ4v) is 15.9. The van der Waals surface area contributed by atoms with Gasteiger partial charge >= 0.3 is 29.6 Å². The van der Waals surface area contributed by atoms with E-state index in [4.69, 9.17) is 50.6 Å². The van der Waals surface area contributed by atoms with Crippen LogP contribution in [0.15, 0.2) is 214 Å². The van der Waals surface area contributed by atoms with Crippen molar-refractivity contribution in [3.8, 4) is 23.0 Å². The molecule has 4 atom stereocenters. The molecule has 25 nitrogen and oxygen atoms in total. The van der Waals surface area contributed by atoms with Gasteiger partial charge in [-0.1, -0.05) is 53.6 Å². The molecule has 544 valence electrons. The molecule has 8 aromatic carbocycles. The number of sulfone groups is 4. The zero-order valence-electron chi connectivity index (χ0n) is 54.9. The van der Waals surface area contributed by atoms with Crippen molar-refractivity contribution in [1.82, 2.24) is 0 Å². The summed E-state index contributed by atoms with van der Waals surface area (Å²) in [4.78, 5) is 3.94. The van der Waals surface area contributed by atoms with Crippen LogP contribution in [0.25, 0.3) is 26.4 Å². The fraction of sp³-hybridized carbons (Fsp3) is 0.273. The van der Waals surface area contributed by atoms with E-state index < -0.39 is 87.9 Å². The van der Waals surface area contributed by atoms with Crippen molar-refractivity contribution in [2.24, 2.45) is 10.8 Å². The van der Waals surface area contributed by atoms with E-state index in [1.165, 1.54) is 126 Å². The number of halogens is 5. The van der Waals surface area contributed by atoms with Gasteiger partial charge in [0.15, 0.2) is 0 Å². The summed E-state index contributed by atoms with van der Waals surface area (Å²) in [6.45, 7) is 0.330. The van der Waals surface area contributed by atoms with Crippen LogP contribution in [0.2, 0.25) is 0 Å². The summed E-state index contributed by atoms with van der Waals surface area (Å²) in [7, 11) is -17.6. The van der Waals surface area contributed by atoms with Gasteiger partial charge < -0.3 is 40.8 Å². The molecule has 0 radical (unpaired) electrons. The van der Waals surface area contributed by atoms with Gasteiger partial charge in [0.05, 0.1) is 64.8 Å². The molecule has 0 unspecified atom stereocenters. The third-order valence-electron chi connectivity index (χ3n) is 15.2. The van der Waals surface area contributed by atoms with Crippen molar-refractivity contribution in [1.29, 1.82) is 0 Å². The minimum Gasteiger partial charge on any atom is -0.490 e. The van der Waals surface area contributed by atoms with Crippen LogP contribution in [-0.4, -0.2) is 119 Å². The molecule has 0 amide bonds. The number of rotatable bonds is 15. The van der Waals surface area contributed by atoms with Crippen molar-refractivity contribution < 1.29 is 126 Å². The first-order valence-electron chi connectivity index (χ1n) is 30.3. The first kappa shape index (κ1) is 84.1. The Morgan fingerprint density at radius 3 is 1.00 bits per heavy atom. The summed E-state index contributed by atoms with van der Waals surface area (Å²) in [5.74, 6) is -0.623. The first-order chi connectivity index (χ1) is 48.1. The predicted molar refractivity (Wildman–Crippen MR) is 366 cm³/mol. The van der Waals surface area contributed by atoms with E-state index in [-0.39, 0.29) is 107 Å². The molecule has 4 aliphatic rings. The standard InChI is InChI=1S/C17H17FO6S2.C16H14FN3O3S.C16H16FNO3S.C16H15FO4S.CH3ClO2S.N3.Na/c1-25(19,20)23-11-14-7-5-12-6-8-16(10-17(12)24-14)26(21,22)15-4-2-3-13(18)9-15;17-12-2-1-3-14(8-12)24(21,22)15-7-5-11-4-6-13(10-19-20-18)23-16(11)9-15;2*17-12-2-1-3-14(8-12)22(19,20)15-7-5-11-4-6-13(10-18)21-16(11)9-15;1-5(2,3)4;1-3-2;/h2-4,6,8-10,14H,5,7,11H2,1H3;1-3,5,7-9,13H,4,6,10H2;1-3,5,7-9,13H,4,6,10,18H2;1-3,5,7-9,13,18H,4,6,10H2;1H3;;/q;;;;;-1;+1/t14-;3*13-;;;/m1111.../s1. The van der Waals surface area contributed by atoms with Crippen LogP contribution >= 0.6 is 10.7 Å². The molecule has 37 heteroatoms. The van der Waals surface area contributed by atoms with Crippen molar-refractivity contribution in [3.05, 3.63) is 242 Å². The molecule has 0 aromatic heterocycles. The van der Waals surface area contributed by atoms with E-state index in [1.807, 2.05) is 0 Å². The quantitative estimate of drug-likeness (QED) is 0.0184. The summed E-state index contributed by atoms with van der Waals surface area (Å²) < 4.78 is 223. The zero-order valence-corrected chi connectivity index (χ0v) is 62.6. The van der Waals surface area contributed by atoms with E-state index in [9.17, 15) is 68.1 Å². The van der Waals surface area contributed by atoms with Gasteiger partial charge in [0.2, 0.25) is 48.4 Å². The Bertz CT molecular complexity index is 5020. The average molecular weight is 1570 g/mol. The number of azide groups is 1. The largest absolute Gasteiger partial charge is 1.00 e. The van der Waals surface area contributed by atoms with Crippen LogP contribution < -0.4 is 54.2 Å². The minimum atomic E-state index is -3.90. The Morgan fingerprint density at radius 2 is 0.718 bits per heavy atom. The summed E-state index contributed by atoms with van der Waals surface area (Å²) >= 11 is 0. The number of fused-ring (bicyclic) bond motifs is 4. The van der Waals surface area contributed by atoms with Crippen molar-refractivity contribution in [3.63, 3.8) is 0 Å². The van der Waals surface area contributed by atoms with Crippen LogP contribution in [0, 0.1) is 23.3 Å². The summed E-state index contributed by atoms with van der Waals surface area (Å²) in [6.07, 6.45) is 6.29. The van der Waals surface area contributed by atoms with E-state index >= 15 is 0 Å². The topological polar surface area (TPSA) is 405 Å². The Labute approximate surface area is 619 Å². The molecule has 0 saturated heterocycles. The Morgan fingerprint density at radius 1 is 0.456 bits per heavy atom. The van der Waals surface area contributed by atoms with Crippen molar-refractivity contribution in [2.45, 2.75) is 115 Å². The van der Waals surface area contributed by atoms with Crippen LogP contribution in [0.4, 0.5) is 17.6 Å². The molecule has 0 spiro atoms. The van der Waals surface area contributed by atoms with Crippen LogP contribution in [0.5, 0.6) is 23.0 Å². The monoisotopic (exact) mass is 1570 g/mol. The molecule has 0 saturated carbocycles. The molecule has 3 N–H and O–H groups in total. The zero-order chi connectivity index (χ0) is 74.8. The molecule has 103 heavy (non-hydrogen) atoms. The summed E-state index contributed by atoms with van der Waals surface area (Å²) in [6, 6.07) is 38.1. The van der Waals surface area contributed by atoms with Gasteiger partial charge in [-0.2, -0.15) is 8.42 Å². The second kappa shape index (κ2) is 37.2. The molecule has 4 aliphatic heterocycles. The number of nitrogens with zero attached hydrogens (tertiary/aromatic N) is 6. The number of ether oxygens (including phenoxy) is 4. The molecule has 0 fully saturated rings. The van der Waals surface area contributed by atoms with Crippen LogP contribution in [-0.2, 0) is 88.4 Å². The molecule has 0 aliphatic carbocycles. The normalized spacial score (nSPS) is 16.4. The van der Waals surface area contributed by atoms with E-state index in [0.29, 0.717) is 61.6 Å². The maximum absolute atomic E-state index is 13.4. The number of aliphatic hydroxyl groups is 1. The number of nitrogens with two attached hydrogens (primary N) is 1. The maximum Gasteiger partial charge on any atom is 1.00 e. The predicted octanol–water partition coefficient (Wildman–Crippen LogP) is 8.70. The SMILES string of the molecule is CS(=O)(=O)Cl.CS(=O)(=O)OC[C@H]1CCc2ccc(S(=O)(=O)c3cccc(F)c3)cc2O1.NC[C@H]1CCc2ccc(S(=O)(=O)c3cccc(F)c3)cc2O1.O=S(=O)(c1cccc(F)c1)c1ccc2c(c1)O[C@@H](CO)CC2.[N-]=[N+]=NC[C@H]1CCc2ccc(S(=O)(=O)c3cccc(F)c3)cc2O1.[N-]=[N+]=[N-].[Na+]. The van der Waals surface area contributed by atoms with Gasteiger partial charge in [-0.15, -0.1) is 0 Å². The Balaban J connectivity index is 0.000000208. The summed E-state index contributed by atoms with van der Waals surface area (Å²) in [5.41, 5.74) is 31.1. The second-order valence-electron chi connectivity index (χ2n) is 22.6. The van der Waals surface area contributed by atoms with Crippen LogP contribution in [0.1, 0.15) is 47.9 Å². The van der Waals surface area contributed by atoms with Gasteiger partial charge in [-0.05, 0) is 200 Å². The molecular weight excluding hydrogens is 1510 g/mol. The molecule has 0 bridgehead atoms. The molecule has 4 heterocycles. The van der Waals surface area contributed by atoms with Gasteiger partial charge in [-0.25, -0.2) is 59.7 Å². The van der Waals surface area contributed by atoms with E-state index in [2.05, 4.69) is 20.7 Å². The summed E-state index contributed by atoms with van der Waals surface area (Å²) in [5, 5.41) is 12.7. The third-order valence-corrected chi connectivity index (χ3v) is 22.8. The molecule has 12 rings (SSSR count). The van der Waals surface area contributed by atoms with Gasteiger partial charge in [0, 0.05) is 22.1 Å². The number of hydrogen-bond donors (Lipinski definition) is 2. The Kier molecular flexibility index (Phi) is 30.4. The fourth-order valence-electron chi connectivity index (χ4n) is 10.2. The first-order valence-corrected chi connectivity index (χ1v) is 40.8.